The molecule has 1 N–H and O–H groups in total. The number of hydrogen-bond donors (Lipinski definition) is 1. The molecule has 0 bridgehead atoms. The molecule has 3 aliphatic rings. The lowest BCUT2D eigenvalue weighted by atomic mass is 9.47. The van der Waals surface area contributed by atoms with E-state index in [1.54, 1.807) is 12.0 Å². The number of amides is 1. The summed E-state index contributed by atoms with van der Waals surface area (Å²) in [4.78, 5) is 30.3. The maximum absolute atomic E-state index is 12.0. The van der Waals surface area contributed by atoms with Gasteiger partial charge in [-0.2, -0.15) is 0 Å². The molecule has 7 atom stereocenters. The van der Waals surface area contributed by atoms with Crippen LogP contribution in [0.5, 0.6) is 0 Å². The third kappa shape index (κ3) is 5.09. The van der Waals surface area contributed by atoms with Gasteiger partial charge in [0.2, 0.25) is 5.91 Å². The number of aliphatic carboxylic acids is 1. The second kappa shape index (κ2) is 10.4. The second-order valence-electron chi connectivity index (χ2n) is 11.8. The fourth-order valence-electron chi connectivity index (χ4n) is 8.22. The normalized spacial score (nSPS) is 37.8. The Morgan fingerprint density at radius 3 is 2.52 bits per heavy atom. The summed E-state index contributed by atoms with van der Waals surface area (Å²) in [7, 11) is 5.28. The van der Waals surface area contributed by atoms with Crippen molar-refractivity contribution in [3.63, 3.8) is 0 Å². The minimum atomic E-state index is -0.724. The third-order valence-corrected chi connectivity index (χ3v) is 10.00. The van der Waals surface area contributed by atoms with Crippen LogP contribution < -0.4 is 0 Å². The average Bonchev–Trinajstić information content (AvgIpc) is 3.11. The topological polar surface area (TPSA) is 79.2 Å². The highest BCUT2D eigenvalue weighted by molar-refractivity contribution is 5.91. The molecule has 3 rings (SSSR count). The molecule has 0 aromatic rings. The smallest absolute Gasteiger partial charge is 0.303 e. The maximum atomic E-state index is 12.0. The number of fused-ring (bicyclic) bond motifs is 3. The molecule has 0 aliphatic heterocycles. The quantitative estimate of drug-likeness (QED) is 0.452. The van der Waals surface area contributed by atoms with Crippen molar-refractivity contribution in [1.82, 2.24) is 4.90 Å². The van der Waals surface area contributed by atoms with E-state index in [0.29, 0.717) is 41.9 Å². The molecule has 0 heterocycles. The van der Waals surface area contributed by atoms with Crippen molar-refractivity contribution in [3.05, 3.63) is 0 Å². The van der Waals surface area contributed by atoms with E-state index in [-0.39, 0.29) is 17.7 Å². The maximum Gasteiger partial charge on any atom is 0.303 e. The number of rotatable bonds is 9. The Hall–Kier alpha value is -1.59. The van der Waals surface area contributed by atoms with Gasteiger partial charge in [0.05, 0.1) is 5.71 Å². The molecular weight excluding hydrogens is 416 g/mol. The molecule has 0 aromatic carbocycles. The predicted octanol–water partition coefficient (Wildman–Crippen LogP) is 5.61. The highest BCUT2D eigenvalue weighted by Crippen LogP contribution is 2.66. The summed E-state index contributed by atoms with van der Waals surface area (Å²) in [5.74, 6) is 2.71. The largest absolute Gasteiger partial charge is 0.481 e. The van der Waals surface area contributed by atoms with Crippen LogP contribution in [0.3, 0.4) is 0 Å². The summed E-state index contributed by atoms with van der Waals surface area (Å²) < 4.78 is 0. The van der Waals surface area contributed by atoms with E-state index in [4.69, 9.17) is 4.84 Å². The highest BCUT2D eigenvalue weighted by Gasteiger charge is 2.59. The molecule has 0 saturated heterocycles. The summed E-state index contributed by atoms with van der Waals surface area (Å²) >= 11 is 0. The summed E-state index contributed by atoms with van der Waals surface area (Å²) in [6, 6.07) is 0. The van der Waals surface area contributed by atoms with Gasteiger partial charge in [-0.1, -0.05) is 25.9 Å². The Kier molecular flexibility index (Phi) is 8.16. The molecular formula is C27H46N2O4. The summed E-state index contributed by atoms with van der Waals surface area (Å²) in [6.07, 6.45) is 10.6. The number of hydrogen-bond acceptors (Lipinski definition) is 4. The molecule has 6 nitrogen and oxygen atoms in total. The SMILES string of the molecule is CON=C1CC[C@H]2[C@@H]3CC[C@H]([C@H](C)CCCC(=O)N(C)C)[C@@]3(C)CC[C@@H]2[C@@]1(C)CCC(=O)O. The summed E-state index contributed by atoms with van der Waals surface area (Å²) in [6.45, 7) is 7.20. The van der Waals surface area contributed by atoms with Crippen LogP contribution in [0.25, 0.3) is 0 Å². The van der Waals surface area contributed by atoms with E-state index in [2.05, 4.69) is 25.9 Å². The van der Waals surface area contributed by atoms with Crippen LogP contribution in [0.4, 0.5) is 0 Å². The van der Waals surface area contributed by atoms with Gasteiger partial charge in [0.25, 0.3) is 0 Å². The van der Waals surface area contributed by atoms with Crippen molar-refractivity contribution < 1.29 is 19.5 Å². The number of carbonyl (C=O) groups excluding carboxylic acids is 1. The van der Waals surface area contributed by atoms with Gasteiger partial charge in [-0.15, -0.1) is 0 Å². The van der Waals surface area contributed by atoms with E-state index in [1.807, 2.05) is 14.1 Å². The minimum Gasteiger partial charge on any atom is -0.481 e. The molecule has 0 spiro atoms. The van der Waals surface area contributed by atoms with Crippen LogP contribution in [-0.4, -0.2) is 48.8 Å². The zero-order valence-corrected chi connectivity index (χ0v) is 21.7. The number of oxime groups is 1. The summed E-state index contributed by atoms with van der Waals surface area (Å²) in [5, 5.41) is 13.8. The molecule has 1 amide bonds. The molecule has 3 saturated carbocycles. The van der Waals surface area contributed by atoms with Crippen LogP contribution in [0, 0.1) is 40.4 Å². The number of carboxylic acid groups (broad SMARTS) is 1. The van der Waals surface area contributed by atoms with Gasteiger partial charge >= 0.3 is 5.97 Å². The average molecular weight is 463 g/mol. The minimum absolute atomic E-state index is 0.186. The van der Waals surface area contributed by atoms with E-state index in [0.717, 1.165) is 43.7 Å². The second-order valence-corrected chi connectivity index (χ2v) is 11.8. The lowest BCUT2D eigenvalue weighted by molar-refractivity contribution is -0.138. The van der Waals surface area contributed by atoms with Crippen LogP contribution in [0.1, 0.15) is 91.4 Å². The van der Waals surface area contributed by atoms with Crippen molar-refractivity contribution in [2.24, 2.45) is 45.6 Å². The van der Waals surface area contributed by atoms with E-state index >= 15 is 0 Å². The monoisotopic (exact) mass is 462 g/mol. The van der Waals surface area contributed by atoms with Gasteiger partial charge in [-0.05, 0) is 92.8 Å². The Bertz CT molecular complexity index is 750. The van der Waals surface area contributed by atoms with E-state index < -0.39 is 5.97 Å². The lowest BCUT2D eigenvalue weighted by Gasteiger charge is -2.57. The van der Waals surface area contributed by atoms with Crippen LogP contribution >= 0.6 is 0 Å². The van der Waals surface area contributed by atoms with Crippen LogP contribution in [-0.2, 0) is 14.4 Å². The molecule has 3 fully saturated rings. The summed E-state index contributed by atoms with van der Waals surface area (Å²) in [5.41, 5.74) is 1.24. The van der Waals surface area contributed by atoms with Crippen LogP contribution in [0.2, 0.25) is 0 Å². The molecule has 0 aromatic heterocycles. The van der Waals surface area contributed by atoms with E-state index in [9.17, 15) is 14.7 Å². The van der Waals surface area contributed by atoms with Gasteiger partial charge in [-0.3, -0.25) is 9.59 Å². The van der Waals surface area contributed by atoms with Crippen molar-refractivity contribution >= 4 is 17.6 Å². The molecule has 188 valence electrons. The third-order valence-electron chi connectivity index (χ3n) is 10.00. The fraction of sp³-hybridized carbons (Fsp3) is 0.889. The molecule has 0 radical (unpaired) electrons. The van der Waals surface area contributed by atoms with E-state index in [1.165, 1.54) is 19.3 Å². The first-order chi connectivity index (χ1) is 15.5. The predicted molar refractivity (Wildman–Crippen MR) is 131 cm³/mol. The molecule has 6 heteroatoms. The molecule has 0 unspecified atom stereocenters. The first kappa shape index (κ1) is 26.0. The van der Waals surface area contributed by atoms with Crippen molar-refractivity contribution in [3.8, 4) is 0 Å². The Balaban J connectivity index is 1.73. The van der Waals surface area contributed by atoms with Crippen molar-refractivity contribution in [1.29, 1.82) is 0 Å². The Morgan fingerprint density at radius 1 is 1.15 bits per heavy atom. The first-order valence-electron chi connectivity index (χ1n) is 13.1. The van der Waals surface area contributed by atoms with Gasteiger partial charge in [0.1, 0.15) is 7.11 Å². The van der Waals surface area contributed by atoms with Crippen LogP contribution in [0.15, 0.2) is 5.16 Å². The van der Waals surface area contributed by atoms with Crippen molar-refractivity contribution in [2.75, 3.05) is 21.2 Å². The van der Waals surface area contributed by atoms with Crippen molar-refractivity contribution in [2.45, 2.75) is 91.4 Å². The zero-order chi connectivity index (χ0) is 24.4. The van der Waals surface area contributed by atoms with Gasteiger partial charge in [0.15, 0.2) is 0 Å². The standard InChI is InChI=1S/C27H46N2O4/c1-18(8-7-9-24(30)29(4)5)20-11-12-21-19-10-13-23(28-33-6)27(3,17-15-25(31)32)22(19)14-16-26(20,21)2/h18-22H,7-17H2,1-6H3,(H,31,32)/t18-,19+,20-,21+,22+,26-,27-/m1/s1. The van der Waals surface area contributed by atoms with Gasteiger partial charge in [-0.25, -0.2) is 0 Å². The Labute approximate surface area is 200 Å². The van der Waals surface area contributed by atoms with Gasteiger partial charge in [0, 0.05) is 32.4 Å². The zero-order valence-electron chi connectivity index (χ0n) is 21.7. The number of carboxylic acids is 1. The lowest BCUT2D eigenvalue weighted by Crippen LogP contribution is -2.52. The van der Waals surface area contributed by atoms with Gasteiger partial charge < -0.3 is 14.8 Å². The Morgan fingerprint density at radius 2 is 1.88 bits per heavy atom. The number of carbonyl (C=O) groups is 2. The number of nitrogens with zero attached hydrogens (tertiary/aromatic N) is 2. The molecule has 3 aliphatic carbocycles. The molecule has 33 heavy (non-hydrogen) atoms. The highest BCUT2D eigenvalue weighted by atomic mass is 16.6. The first-order valence-corrected chi connectivity index (χ1v) is 13.1. The fourth-order valence-corrected chi connectivity index (χ4v) is 8.22.